The molecule has 0 saturated heterocycles. The molecule has 31 heavy (non-hydrogen) atoms. The van der Waals surface area contributed by atoms with E-state index in [1.54, 1.807) is 25.3 Å². The summed E-state index contributed by atoms with van der Waals surface area (Å²) in [5.41, 5.74) is 0.987. The molecule has 0 radical (unpaired) electrons. The Morgan fingerprint density at radius 1 is 1.26 bits per heavy atom. The molecule has 3 amide bonds. The summed E-state index contributed by atoms with van der Waals surface area (Å²) in [5, 5.41) is 3.44. The molecule has 1 unspecified atom stereocenters. The molecular weight excluding hydrogens is 439 g/mol. The van der Waals surface area contributed by atoms with E-state index in [0.29, 0.717) is 22.1 Å². The maximum absolute atomic E-state index is 12.9. The molecule has 164 valence electrons. The quantitative estimate of drug-likeness (QED) is 0.696. The second-order valence-electron chi connectivity index (χ2n) is 8.19. The van der Waals surface area contributed by atoms with Crippen LogP contribution in [0.25, 0.3) is 0 Å². The first-order valence-electron chi connectivity index (χ1n) is 9.78. The van der Waals surface area contributed by atoms with Crippen LogP contribution < -0.4 is 10.2 Å². The van der Waals surface area contributed by atoms with Gasteiger partial charge in [0, 0.05) is 31.1 Å². The van der Waals surface area contributed by atoms with E-state index in [9.17, 15) is 14.4 Å². The summed E-state index contributed by atoms with van der Waals surface area (Å²) >= 11 is 12.0. The lowest BCUT2D eigenvalue weighted by Crippen LogP contribution is -2.44. The molecule has 2 aliphatic heterocycles. The molecule has 0 aliphatic carbocycles. The lowest BCUT2D eigenvalue weighted by molar-refractivity contribution is -0.142. The molecule has 0 spiro atoms. The van der Waals surface area contributed by atoms with E-state index >= 15 is 0 Å². The van der Waals surface area contributed by atoms with Crippen molar-refractivity contribution in [2.24, 2.45) is 10.9 Å². The number of carbonyl (C=O) groups is 3. The largest absolute Gasteiger partial charge is 0.316 e. The first kappa shape index (κ1) is 23.0. The summed E-state index contributed by atoms with van der Waals surface area (Å²) in [6.45, 7) is 7.73. The molecule has 0 aromatic heterocycles. The number of amides is 3. The molecule has 1 aromatic rings. The molecule has 9 heteroatoms. The molecule has 1 aromatic carbocycles. The van der Waals surface area contributed by atoms with E-state index in [2.05, 4.69) is 10.3 Å². The minimum atomic E-state index is -0.881. The Balaban J connectivity index is 1.86. The van der Waals surface area contributed by atoms with E-state index in [1.165, 1.54) is 22.9 Å². The summed E-state index contributed by atoms with van der Waals surface area (Å²) in [4.78, 5) is 45.4. The van der Waals surface area contributed by atoms with Gasteiger partial charge in [-0.3, -0.25) is 19.4 Å². The molecule has 0 fully saturated rings. The number of rotatable bonds is 3. The highest BCUT2D eigenvalue weighted by atomic mass is 35.5. The van der Waals surface area contributed by atoms with Crippen molar-refractivity contribution in [3.8, 4) is 0 Å². The van der Waals surface area contributed by atoms with E-state index in [-0.39, 0.29) is 23.4 Å². The number of amidine groups is 1. The van der Waals surface area contributed by atoms with E-state index < -0.39 is 17.4 Å². The first-order chi connectivity index (χ1) is 14.4. The molecule has 0 bridgehead atoms. The molecule has 0 saturated carbocycles. The fraction of sp³-hybridized carbons (Fsp3) is 0.364. The van der Waals surface area contributed by atoms with Crippen LogP contribution in [0.15, 0.2) is 46.6 Å². The van der Waals surface area contributed by atoms with Gasteiger partial charge in [0.1, 0.15) is 11.4 Å². The maximum Gasteiger partial charge on any atom is 0.316 e. The highest BCUT2D eigenvalue weighted by Crippen LogP contribution is 2.29. The molecule has 1 atom stereocenters. The topological polar surface area (TPSA) is 82.1 Å². The second-order valence-corrected chi connectivity index (χ2v) is 9.00. The number of carbonyl (C=O) groups excluding carboxylic acids is 3. The van der Waals surface area contributed by atoms with Gasteiger partial charge < -0.3 is 15.1 Å². The van der Waals surface area contributed by atoms with Crippen molar-refractivity contribution in [3.05, 3.63) is 51.7 Å². The van der Waals surface area contributed by atoms with Crippen LogP contribution in [0.2, 0.25) is 10.0 Å². The third-order valence-corrected chi connectivity index (χ3v) is 6.33. The average molecular weight is 463 g/mol. The standard InChI is InChI=1S/C22H24Cl2N4O3/c1-12(2)22(4)21(31)25-18(26-22)14-8-13(3)10-28(11-14)20(30)19(29)27(5)15-6-7-16(23)17(24)9-15/h6-9,11-12H,10H2,1-5H3,(H,25,26,31). The Hall–Kier alpha value is -2.64. The normalized spacial score (nSPS) is 20.8. The van der Waals surface area contributed by atoms with Gasteiger partial charge in [0.2, 0.25) is 0 Å². The maximum atomic E-state index is 12.9. The number of hydrogen-bond acceptors (Lipinski definition) is 4. The van der Waals surface area contributed by atoms with Gasteiger partial charge in [0.05, 0.1) is 10.0 Å². The SMILES string of the molecule is CC1=CC(C2=NC(C)(C(C)C)C(=O)N2)=CN(C(=O)C(=O)N(C)c2ccc(Cl)c(Cl)c2)C1. The van der Waals surface area contributed by atoms with Crippen molar-refractivity contribution in [1.29, 1.82) is 0 Å². The van der Waals surface area contributed by atoms with Crippen molar-refractivity contribution < 1.29 is 14.4 Å². The summed E-state index contributed by atoms with van der Waals surface area (Å²) in [6.07, 6.45) is 3.39. The van der Waals surface area contributed by atoms with Crippen LogP contribution in [0.4, 0.5) is 5.69 Å². The second kappa shape index (κ2) is 8.48. The predicted molar refractivity (Wildman–Crippen MR) is 122 cm³/mol. The number of anilines is 1. The fourth-order valence-electron chi connectivity index (χ4n) is 3.24. The minimum Gasteiger partial charge on any atom is -0.308 e. The Morgan fingerprint density at radius 2 is 1.94 bits per heavy atom. The molecule has 3 rings (SSSR count). The molecule has 2 heterocycles. The van der Waals surface area contributed by atoms with Gasteiger partial charge in [-0.1, -0.05) is 42.6 Å². The van der Waals surface area contributed by atoms with Crippen molar-refractivity contribution in [1.82, 2.24) is 10.2 Å². The van der Waals surface area contributed by atoms with Crippen LogP contribution in [0.3, 0.4) is 0 Å². The average Bonchev–Trinajstić information content (AvgIpc) is 3.04. The molecular formula is C22H24Cl2N4O3. The zero-order chi connectivity index (χ0) is 23.1. The zero-order valence-electron chi connectivity index (χ0n) is 18.0. The van der Waals surface area contributed by atoms with Crippen LogP contribution in [0.5, 0.6) is 0 Å². The van der Waals surface area contributed by atoms with Gasteiger partial charge in [-0.15, -0.1) is 0 Å². The number of hydrogen-bond donors (Lipinski definition) is 1. The van der Waals surface area contributed by atoms with Gasteiger partial charge in [0.15, 0.2) is 0 Å². The van der Waals surface area contributed by atoms with Gasteiger partial charge >= 0.3 is 11.8 Å². The van der Waals surface area contributed by atoms with E-state index in [0.717, 1.165) is 5.57 Å². The smallest absolute Gasteiger partial charge is 0.308 e. The first-order valence-corrected chi connectivity index (χ1v) is 10.5. The van der Waals surface area contributed by atoms with E-state index in [4.69, 9.17) is 23.2 Å². The molecule has 2 aliphatic rings. The van der Waals surface area contributed by atoms with Crippen LogP contribution in [-0.4, -0.2) is 47.6 Å². The van der Waals surface area contributed by atoms with Crippen LogP contribution in [0, 0.1) is 5.92 Å². The van der Waals surface area contributed by atoms with Gasteiger partial charge in [-0.25, -0.2) is 0 Å². The van der Waals surface area contributed by atoms with E-state index in [1.807, 2.05) is 26.8 Å². The number of halogens is 2. The highest BCUT2D eigenvalue weighted by Gasteiger charge is 2.42. The van der Waals surface area contributed by atoms with Crippen molar-refractivity contribution >= 4 is 52.4 Å². The summed E-state index contributed by atoms with van der Waals surface area (Å²) < 4.78 is 0. The number of benzene rings is 1. The molecule has 1 N–H and O–H groups in total. The third-order valence-electron chi connectivity index (χ3n) is 5.59. The van der Waals surface area contributed by atoms with Crippen molar-refractivity contribution in [2.45, 2.75) is 33.2 Å². The van der Waals surface area contributed by atoms with Gasteiger partial charge in [-0.05, 0) is 44.0 Å². The zero-order valence-corrected chi connectivity index (χ0v) is 19.5. The lowest BCUT2D eigenvalue weighted by Gasteiger charge is -2.26. The van der Waals surface area contributed by atoms with Gasteiger partial charge in [-0.2, -0.15) is 0 Å². The number of aliphatic imine (C=N–C) groups is 1. The van der Waals surface area contributed by atoms with Crippen LogP contribution in [-0.2, 0) is 14.4 Å². The minimum absolute atomic E-state index is 0.00145. The Kier molecular flexibility index (Phi) is 6.30. The van der Waals surface area contributed by atoms with Crippen molar-refractivity contribution in [3.63, 3.8) is 0 Å². The summed E-state index contributed by atoms with van der Waals surface area (Å²) in [5.74, 6) is -1.24. The monoisotopic (exact) mass is 462 g/mol. The van der Waals surface area contributed by atoms with Gasteiger partial charge in [0.25, 0.3) is 5.91 Å². The lowest BCUT2D eigenvalue weighted by atomic mass is 9.89. The number of nitrogens with zero attached hydrogens (tertiary/aromatic N) is 3. The van der Waals surface area contributed by atoms with Crippen molar-refractivity contribution in [2.75, 3.05) is 18.5 Å². The Bertz CT molecular complexity index is 1060. The van der Waals surface area contributed by atoms with Crippen LogP contribution >= 0.6 is 23.2 Å². The summed E-state index contributed by atoms with van der Waals surface area (Å²) in [7, 11) is 1.49. The number of likely N-dealkylation sites (N-methyl/N-ethyl adjacent to an activating group) is 1. The third kappa shape index (κ3) is 4.38. The Morgan fingerprint density at radius 3 is 2.52 bits per heavy atom. The van der Waals surface area contributed by atoms with Crippen LogP contribution in [0.1, 0.15) is 27.7 Å². The highest BCUT2D eigenvalue weighted by molar-refractivity contribution is 6.43. The Labute approximate surface area is 191 Å². The fourth-order valence-corrected chi connectivity index (χ4v) is 3.53. The summed E-state index contributed by atoms with van der Waals surface area (Å²) in [6, 6.07) is 4.69. The number of nitrogens with one attached hydrogen (secondary N) is 1. The molecule has 7 nitrogen and oxygen atoms in total. The predicted octanol–water partition coefficient (Wildman–Crippen LogP) is 3.57.